The van der Waals surface area contributed by atoms with E-state index in [9.17, 15) is 13.2 Å². The summed E-state index contributed by atoms with van der Waals surface area (Å²) in [5.41, 5.74) is -0.247. The second kappa shape index (κ2) is 6.70. The number of carboxylic acids is 1. The van der Waals surface area contributed by atoms with Gasteiger partial charge in [-0.05, 0) is 18.2 Å². The lowest BCUT2D eigenvalue weighted by molar-refractivity contribution is 0.0696. The van der Waals surface area contributed by atoms with Crippen molar-refractivity contribution in [3.63, 3.8) is 0 Å². The summed E-state index contributed by atoms with van der Waals surface area (Å²) in [6.07, 6.45) is 0. The maximum Gasteiger partial charge on any atom is 0.335 e. The lowest BCUT2D eigenvalue weighted by atomic mass is 10.2. The summed E-state index contributed by atoms with van der Waals surface area (Å²) in [5.74, 6) is -1.37. The first kappa shape index (κ1) is 16.4. The van der Waals surface area contributed by atoms with Crippen molar-refractivity contribution in [1.29, 1.82) is 10.5 Å². The van der Waals surface area contributed by atoms with Gasteiger partial charge in [-0.15, -0.1) is 0 Å². The van der Waals surface area contributed by atoms with E-state index in [1.165, 1.54) is 19.2 Å². The highest BCUT2D eigenvalue weighted by atomic mass is 32.2. The molecule has 0 fully saturated rings. The van der Waals surface area contributed by atoms with E-state index in [0.717, 1.165) is 6.07 Å². The monoisotopic (exact) mass is 309 g/mol. The van der Waals surface area contributed by atoms with Crippen molar-refractivity contribution in [2.75, 3.05) is 20.2 Å². The lowest BCUT2D eigenvalue weighted by Gasteiger charge is -2.18. The summed E-state index contributed by atoms with van der Waals surface area (Å²) in [4.78, 5) is 10.5. The summed E-state index contributed by atoms with van der Waals surface area (Å²) in [6, 6.07) is 6.61. The molecule has 0 saturated heterocycles. The number of carbonyl (C=O) groups is 1. The lowest BCUT2D eigenvalue weighted by Crippen LogP contribution is -2.32. The zero-order valence-electron chi connectivity index (χ0n) is 11.0. The fourth-order valence-electron chi connectivity index (χ4n) is 1.53. The minimum atomic E-state index is -4.22. The van der Waals surface area contributed by atoms with Crippen LogP contribution in [-0.2, 0) is 10.0 Å². The van der Waals surface area contributed by atoms with E-state index in [2.05, 4.69) is 0 Å². The minimum absolute atomic E-state index is 0.0686. The number of rotatable bonds is 6. The first-order valence-electron chi connectivity index (χ1n) is 5.53. The highest BCUT2D eigenvalue weighted by molar-refractivity contribution is 7.89. The van der Waals surface area contributed by atoms with Crippen LogP contribution in [-0.4, -0.2) is 44.0 Å². The number of benzene rings is 1. The molecule has 1 aromatic rings. The molecule has 0 aliphatic heterocycles. The predicted octanol–water partition coefficient (Wildman–Crippen LogP) is 0.431. The molecule has 0 saturated carbocycles. The molecular formula is C12H11N3O5S. The molecule has 110 valence electrons. The molecule has 0 aromatic heterocycles. The maximum atomic E-state index is 12.4. The fourth-order valence-corrected chi connectivity index (χ4v) is 2.95. The van der Waals surface area contributed by atoms with Crippen LogP contribution >= 0.6 is 0 Å². The summed E-state index contributed by atoms with van der Waals surface area (Å²) in [6.45, 7) is -1.06. The van der Waals surface area contributed by atoms with Crippen LogP contribution in [0.2, 0.25) is 0 Å². The van der Waals surface area contributed by atoms with E-state index in [4.69, 9.17) is 20.4 Å². The normalized spacial score (nSPS) is 10.7. The first-order chi connectivity index (χ1) is 9.88. The van der Waals surface area contributed by atoms with Crippen LogP contribution in [0.5, 0.6) is 5.75 Å². The summed E-state index contributed by atoms with van der Waals surface area (Å²) < 4.78 is 30.4. The molecule has 0 amide bonds. The van der Waals surface area contributed by atoms with E-state index in [1.807, 2.05) is 0 Å². The molecule has 1 aromatic carbocycles. The molecule has 1 N–H and O–H groups in total. The average Bonchev–Trinajstić information content (AvgIpc) is 2.46. The third kappa shape index (κ3) is 3.48. The van der Waals surface area contributed by atoms with Crippen LogP contribution in [0.25, 0.3) is 0 Å². The second-order valence-corrected chi connectivity index (χ2v) is 5.67. The number of ether oxygens (including phenoxy) is 1. The van der Waals surface area contributed by atoms with Crippen molar-refractivity contribution in [3.8, 4) is 17.9 Å². The van der Waals surface area contributed by atoms with Crippen molar-refractivity contribution in [2.45, 2.75) is 4.90 Å². The van der Waals surface area contributed by atoms with Crippen LogP contribution in [0.1, 0.15) is 10.4 Å². The number of nitrogens with zero attached hydrogens (tertiary/aromatic N) is 3. The van der Waals surface area contributed by atoms with Crippen molar-refractivity contribution in [2.24, 2.45) is 0 Å². The Morgan fingerprint density at radius 1 is 1.33 bits per heavy atom. The van der Waals surface area contributed by atoms with E-state index in [0.29, 0.717) is 4.31 Å². The number of sulfonamides is 1. The highest BCUT2D eigenvalue weighted by Crippen LogP contribution is 2.27. The van der Waals surface area contributed by atoms with Gasteiger partial charge in [0, 0.05) is 0 Å². The van der Waals surface area contributed by atoms with Crippen molar-refractivity contribution >= 4 is 16.0 Å². The Hall–Kier alpha value is -2.62. The molecule has 0 aliphatic rings. The molecule has 8 nitrogen and oxygen atoms in total. The first-order valence-corrected chi connectivity index (χ1v) is 6.98. The number of hydrogen-bond acceptors (Lipinski definition) is 6. The number of aromatic carboxylic acids is 1. The molecule has 0 radical (unpaired) electrons. The van der Waals surface area contributed by atoms with Gasteiger partial charge in [0.15, 0.2) is 0 Å². The minimum Gasteiger partial charge on any atom is -0.495 e. The van der Waals surface area contributed by atoms with Gasteiger partial charge in [0.25, 0.3) is 0 Å². The van der Waals surface area contributed by atoms with Gasteiger partial charge in [-0.1, -0.05) is 0 Å². The predicted molar refractivity (Wildman–Crippen MR) is 69.9 cm³/mol. The van der Waals surface area contributed by atoms with Crippen LogP contribution < -0.4 is 4.74 Å². The van der Waals surface area contributed by atoms with Gasteiger partial charge in [0.05, 0.1) is 24.8 Å². The van der Waals surface area contributed by atoms with Crippen LogP contribution in [0, 0.1) is 22.7 Å². The quantitative estimate of drug-likeness (QED) is 0.753. The molecule has 0 heterocycles. The molecule has 0 atom stereocenters. The van der Waals surface area contributed by atoms with Gasteiger partial charge in [0.2, 0.25) is 10.0 Å². The largest absolute Gasteiger partial charge is 0.495 e. The van der Waals surface area contributed by atoms with Gasteiger partial charge < -0.3 is 9.84 Å². The Morgan fingerprint density at radius 2 is 1.90 bits per heavy atom. The fraction of sp³-hybridized carbons (Fsp3) is 0.250. The third-order valence-electron chi connectivity index (χ3n) is 2.52. The Balaban J connectivity index is 3.48. The molecule has 0 spiro atoms. The molecule has 0 unspecified atom stereocenters. The van der Waals surface area contributed by atoms with Gasteiger partial charge in [-0.3, -0.25) is 0 Å². The zero-order valence-corrected chi connectivity index (χ0v) is 11.8. The van der Waals surface area contributed by atoms with Crippen molar-refractivity contribution in [3.05, 3.63) is 23.8 Å². The molecule has 0 aliphatic carbocycles. The molecule has 9 heteroatoms. The van der Waals surface area contributed by atoms with Gasteiger partial charge in [-0.25, -0.2) is 13.2 Å². The van der Waals surface area contributed by atoms with Gasteiger partial charge in [0.1, 0.15) is 23.7 Å². The molecule has 1 rings (SSSR count). The zero-order chi connectivity index (χ0) is 16.0. The standard InChI is InChI=1S/C12H11N3O5S/c1-20-10-3-2-9(12(16)17)8-11(10)21(18,19)15(6-4-13)7-5-14/h2-3,8H,6-7H2,1H3,(H,16,17). The molecular weight excluding hydrogens is 298 g/mol. The second-order valence-electron chi connectivity index (χ2n) is 3.76. The molecule has 21 heavy (non-hydrogen) atoms. The Kier molecular flexibility index (Phi) is 5.24. The smallest absolute Gasteiger partial charge is 0.335 e. The Labute approximate surface area is 121 Å². The summed E-state index contributed by atoms with van der Waals surface area (Å²) in [5, 5.41) is 26.2. The van der Waals surface area contributed by atoms with E-state index >= 15 is 0 Å². The van der Waals surface area contributed by atoms with Crippen LogP contribution in [0.15, 0.2) is 23.1 Å². The van der Waals surface area contributed by atoms with Gasteiger partial charge in [-0.2, -0.15) is 14.8 Å². The van der Waals surface area contributed by atoms with Gasteiger partial charge >= 0.3 is 5.97 Å². The summed E-state index contributed by atoms with van der Waals surface area (Å²) >= 11 is 0. The van der Waals surface area contributed by atoms with Crippen LogP contribution in [0.3, 0.4) is 0 Å². The number of methoxy groups -OCH3 is 1. The average molecular weight is 309 g/mol. The van der Waals surface area contributed by atoms with Crippen molar-refractivity contribution < 1.29 is 23.1 Å². The van der Waals surface area contributed by atoms with Crippen molar-refractivity contribution in [1.82, 2.24) is 4.31 Å². The third-order valence-corrected chi connectivity index (χ3v) is 4.34. The Morgan fingerprint density at radius 3 is 2.33 bits per heavy atom. The number of carboxylic acid groups (broad SMARTS) is 1. The topological polar surface area (TPSA) is 131 Å². The molecule has 0 bridgehead atoms. The van der Waals surface area contributed by atoms with Crippen LogP contribution in [0.4, 0.5) is 0 Å². The van der Waals surface area contributed by atoms with E-state index in [1.54, 1.807) is 12.1 Å². The van der Waals surface area contributed by atoms with E-state index < -0.39 is 34.0 Å². The summed E-state index contributed by atoms with van der Waals surface area (Å²) in [7, 11) is -2.99. The Bertz CT molecular complexity index is 714. The maximum absolute atomic E-state index is 12.4. The highest BCUT2D eigenvalue weighted by Gasteiger charge is 2.28. The number of hydrogen-bond donors (Lipinski definition) is 1. The SMILES string of the molecule is COc1ccc(C(=O)O)cc1S(=O)(=O)N(CC#N)CC#N. The van der Waals surface area contributed by atoms with E-state index in [-0.39, 0.29) is 11.3 Å². The number of nitriles is 2.